The highest BCUT2D eigenvalue weighted by atomic mass is 35.5. The highest BCUT2D eigenvalue weighted by Gasteiger charge is 2.27. The fourth-order valence-electron chi connectivity index (χ4n) is 7.29. The van der Waals surface area contributed by atoms with Crippen molar-refractivity contribution >= 4 is 23.1 Å². The largest absolute Gasteiger partial charge is 0.491 e. The lowest BCUT2D eigenvalue weighted by Crippen LogP contribution is -2.39. The number of methoxy groups -OCH3 is 1. The number of rotatable bonds is 8. The summed E-state index contributed by atoms with van der Waals surface area (Å²) in [5.41, 5.74) is 9.02. The van der Waals surface area contributed by atoms with Gasteiger partial charge in [-0.25, -0.2) is 0 Å². The van der Waals surface area contributed by atoms with Crippen molar-refractivity contribution in [3.63, 3.8) is 0 Å². The van der Waals surface area contributed by atoms with Gasteiger partial charge in [0, 0.05) is 42.8 Å². The standard InChI is InChI=1S/C37H43ClN2O4/c1-43-35(42)21-25-4-6-26(7-5-25)27-10-13-33(14-11-27)44-24-32(41)23-40-19-16-28(17-20-40)36-34-15-12-31(38)22-30(34)9-8-29-3-2-18-39-37(29)36/h2-3,10-15,18,22,25-26,32,41H,4-9,16-17,19-21,23-24H2,1H3. The molecule has 0 spiro atoms. The number of nitrogens with zero attached hydrogens (tertiary/aromatic N) is 2. The number of benzene rings is 2. The molecule has 6 nitrogen and oxygen atoms in total. The molecule has 44 heavy (non-hydrogen) atoms. The molecule has 232 valence electrons. The number of β-amino-alcohol motifs (C(OH)–C–C–N with tert-alkyl or cyclic N) is 1. The van der Waals surface area contributed by atoms with Gasteiger partial charge in [0.05, 0.1) is 12.8 Å². The Morgan fingerprint density at radius 2 is 1.75 bits per heavy atom. The minimum atomic E-state index is -0.558. The Hall–Kier alpha value is -3.19. The minimum absolute atomic E-state index is 0.102. The Kier molecular flexibility index (Phi) is 10.00. The summed E-state index contributed by atoms with van der Waals surface area (Å²) in [4.78, 5) is 18.8. The summed E-state index contributed by atoms with van der Waals surface area (Å²) in [6.45, 7) is 2.67. The van der Waals surface area contributed by atoms with E-state index in [9.17, 15) is 9.90 Å². The maximum Gasteiger partial charge on any atom is 0.305 e. The van der Waals surface area contributed by atoms with Crippen LogP contribution in [0.15, 0.2) is 66.4 Å². The lowest BCUT2D eigenvalue weighted by molar-refractivity contribution is -0.142. The molecular formula is C37H43ClN2O4. The Balaban J connectivity index is 1.01. The highest BCUT2D eigenvalue weighted by molar-refractivity contribution is 6.30. The number of carbonyl (C=O) groups is 1. The zero-order valence-electron chi connectivity index (χ0n) is 25.6. The van der Waals surface area contributed by atoms with Crippen LogP contribution in [0.5, 0.6) is 5.75 Å². The predicted octanol–water partition coefficient (Wildman–Crippen LogP) is 7.01. The second kappa shape index (κ2) is 14.3. The number of esters is 1. The van der Waals surface area contributed by atoms with Crippen molar-refractivity contribution in [1.29, 1.82) is 0 Å². The number of aliphatic hydroxyl groups is 1. The maximum atomic E-state index is 11.6. The Morgan fingerprint density at radius 1 is 1.00 bits per heavy atom. The zero-order valence-corrected chi connectivity index (χ0v) is 26.4. The van der Waals surface area contributed by atoms with Gasteiger partial charge in [-0.3, -0.25) is 14.7 Å². The molecule has 1 saturated heterocycles. The van der Waals surface area contributed by atoms with Crippen LogP contribution >= 0.6 is 11.6 Å². The molecule has 2 fully saturated rings. The van der Waals surface area contributed by atoms with Crippen LogP contribution in [0.1, 0.15) is 78.8 Å². The number of carbonyl (C=O) groups excluding carboxylic acids is 1. The molecule has 2 aromatic carbocycles. The van der Waals surface area contributed by atoms with Crippen molar-refractivity contribution < 1.29 is 19.4 Å². The number of halogens is 1. The fourth-order valence-corrected chi connectivity index (χ4v) is 7.48. The molecule has 6 rings (SSSR count). The monoisotopic (exact) mass is 614 g/mol. The van der Waals surface area contributed by atoms with Crippen molar-refractivity contribution in [2.75, 3.05) is 33.4 Å². The van der Waals surface area contributed by atoms with E-state index in [1.54, 1.807) is 0 Å². The summed E-state index contributed by atoms with van der Waals surface area (Å²) >= 11 is 6.38. The van der Waals surface area contributed by atoms with Gasteiger partial charge in [-0.05, 0) is 116 Å². The van der Waals surface area contributed by atoms with Gasteiger partial charge in [0.2, 0.25) is 0 Å². The number of hydrogen-bond acceptors (Lipinski definition) is 6. The van der Waals surface area contributed by atoms with Crippen LogP contribution in [0.4, 0.5) is 0 Å². The quantitative estimate of drug-likeness (QED) is 0.275. The lowest BCUT2D eigenvalue weighted by Gasteiger charge is -2.31. The van der Waals surface area contributed by atoms with Gasteiger partial charge in [0.15, 0.2) is 0 Å². The van der Waals surface area contributed by atoms with Gasteiger partial charge in [-0.1, -0.05) is 41.4 Å². The molecule has 1 saturated carbocycles. The molecule has 3 aliphatic rings. The average Bonchev–Trinajstić information content (AvgIpc) is 3.21. The van der Waals surface area contributed by atoms with E-state index in [0.29, 0.717) is 24.8 Å². The van der Waals surface area contributed by atoms with E-state index >= 15 is 0 Å². The minimum Gasteiger partial charge on any atom is -0.491 e. The van der Waals surface area contributed by atoms with Crippen molar-refractivity contribution in [2.24, 2.45) is 5.92 Å². The maximum absolute atomic E-state index is 11.6. The molecule has 0 bridgehead atoms. The van der Waals surface area contributed by atoms with Gasteiger partial charge in [-0.15, -0.1) is 0 Å². The number of pyridine rings is 1. The molecular weight excluding hydrogens is 572 g/mol. The van der Waals surface area contributed by atoms with E-state index in [4.69, 9.17) is 26.1 Å². The van der Waals surface area contributed by atoms with Gasteiger partial charge >= 0.3 is 5.97 Å². The molecule has 2 heterocycles. The van der Waals surface area contributed by atoms with Crippen molar-refractivity contribution in [2.45, 2.75) is 69.8 Å². The average molecular weight is 615 g/mol. The zero-order chi connectivity index (χ0) is 30.5. The molecule has 0 radical (unpaired) electrons. The van der Waals surface area contributed by atoms with Crippen LogP contribution in [0.3, 0.4) is 0 Å². The SMILES string of the molecule is COC(=O)CC1CCC(c2ccc(OCC(O)CN3CCC(=C4c5ccc(Cl)cc5CCc5cccnc54)CC3)cc2)CC1. The van der Waals surface area contributed by atoms with Crippen LogP contribution < -0.4 is 4.74 Å². The molecule has 0 amide bonds. The Morgan fingerprint density at radius 3 is 2.50 bits per heavy atom. The molecule has 1 aromatic heterocycles. The topological polar surface area (TPSA) is 71.9 Å². The number of aryl methyl sites for hydroxylation is 2. The summed E-state index contributed by atoms with van der Waals surface area (Å²) in [7, 11) is 1.46. The third kappa shape index (κ3) is 7.36. The lowest BCUT2D eigenvalue weighted by atomic mass is 9.77. The first-order valence-corrected chi connectivity index (χ1v) is 16.5. The first kappa shape index (κ1) is 30.8. The molecule has 2 aliphatic carbocycles. The summed E-state index contributed by atoms with van der Waals surface area (Å²) in [6, 6.07) is 18.9. The van der Waals surface area contributed by atoms with Gasteiger partial charge in [0.25, 0.3) is 0 Å². The summed E-state index contributed by atoms with van der Waals surface area (Å²) in [5, 5.41) is 11.6. The first-order valence-electron chi connectivity index (χ1n) is 16.1. The molecule has 1 unspecified atom stereocenters. The number of ether oxygens (including phenoxy) is 2. The van der Waals surface area contributed by atoms with Crippen LogP contribution in [-0.4, -0.2) is 60.4 Å². The van der Waals surface area contributed by atoms with Crippen molar-refractivity contribution in [3.8, 4) is 5.75 Å². The van der Waals surface area contributed by atoms with E-state index in [1.165, 1.54) is 40.5 Å². The van der Waals surface area contributed by atoms with Gasteiger partial charge in [-0.2, -0.15) is 0 Å². The van der Waals surface area contributed by atoms with Gasteiger partial charge in [0.1, 0.15) is 18.5 Å². The normalized spacial score (nSPS) is 21.2. The van der Waals surface area contributed by atoms with Crippen LogP contribution in [-0.2, 0) is 22.4 Å². The fraction of sp³-hybridized carbons (Fsp3) is 0.459. The van der Waals surface area contributed by atoms with Crippen LogP contribution in [0, 0.1) is 5.92 Å². The number of fused-ring (bicyclic) bond motifs is 2. The van der Waals surface area contributed by atoms with Crippen molar-refractivity contribution in [3.05, 3.63) is 99.3 Å². The number of piperidine rings is 1. The van der Waals surface area contributed by atoms with Crippen LogP contribution in [0.25, 0.3) is 5.57 Å². The Bertz CT molecular complexity index is 1470. The first-order chi connectivity index (χ1) is 21.5. The summed E-state index contributed by atoms with van der Waals surface area (Å²) < 4.78 is 10.8. The predicted molar refractivity (Wildman–Crippen MR) is 174 cm³/mol. The van der Waals surface area contributed by atoms with Gasteiger partial charge < -0.3 is 14.6 Å². The smallest absolute Gasteiger partial charge is 0.305 e. The molecule has 3 aromatic rings. The molecule has 1 atom stereocenters. The molecule has 7 heteroatoms. The Labute approximate surface area is 266 Å². The number of likely N-dealkylation sites (tertiary alicyclic amines) is 1. The van der Waals surface area contributed by atoms with Crippen LogP contribution in [0.2, 0.25) is 5.02 Å². The summed E-state index contributed by atoms with van der Waals surface area (Å²) in [5.74, 6) is 1.65. The van der Waals surface area contributed by atoms with E-state index < -0.39 is 6.10 Å². The number of aliphatic hydroxyl groups excluding tert-OH is 1. The number of hydrogen-bond donors (Lipinski definition) is 1. The van der Waals surface area contributed by atoms with E-state index in [1.807, 2.05) is 30.5 Å². The van der Waals surface area contributed by atoms with E-state index in [-0.39, 0.29) is 12.6 Å². The summed E-state index contributed by atoms with van der Waals surface area (Å²) in [6.07, 6.45) is 10.0. The third-order valence-electron chi connectivity index (χ3n) is 9.73. The van der Waals surface area contributed by atoms with E-state index in [0.717, 1.165) is 80.9 Å². The second-order valence-electron chi connectivity index (χ2n) is 12.6. The molecule has 1 N–H and O–H groups in total. The van der Waals surface area contributed by atoms with Crippen molar-refractivity contribution in [1.82, 2.24) is 9.88 Å². The molecule has 1 aliphatic heterocycles. The highest BCUT2D eigenvalue weighted by Crippen LogP contribution is 2.39. The second-order valence-corrected chi connectivity index (χ2v) is 13.1. The number of aromatic nitrogens is 1. The third-order valence-corrected chi connectivity index (χ3v) is 9.97. The van der Waals surface area contributed by atoms with E-state index in [2.05, 4.69) is 35.2 Å².